The van der Waals surface area contributed by atoms with Crippen molar-refractivity contribution in [1.82, 2.24) is 29.5 Å². The highest BCUT2D eigenvalue weighted by Gasteiger charge is 2.19. The van der Waals surface area contributed by atoms with Crippen LogP contribution in [0.5, 0.6) is 0 Å². The second-order valence-electron chi connectivity index (χ2n) is 6.66. The van der Waals surface area contributed by atoms with E-state index in [-0.39, 0.29) is 10.8 Å². The standard InChI is InChI=1S/C19H16N6O2S2/c1-9-7-10(2)25-18(20-9)23-19(24-25)29-11(3)15-21-16(26)14-12(8-28-17(14)22-15)13-5-4-6-27-13/h4-8,11H,1-3H3,(H,21,22,26). The van der Waals surface area contributed by atoms with Gasteiger partial charge in [-0.3, -0.25) is 4.79 Å². The van der Waals surface area contributed by atoms with Gasteiger partial charge in [0.25, 0.3) is 11.3 Å². The van der Waals surface area contributed by atoms with Gasteiger partial charge in [-0.15, -0.1) is 16.4 Å². The maximum absolute atomic E-state index is 12.8. The van der Waals surface area contributed by atoms with E-state index in [0.717, 1.165) is 17.0 Å². The fraction of sp³-hybridized carbons (Fsp3) is 0.211. The summed E-state index contributed by atoms with van der Waals surface area (Å²) < 4.78 is 7.16. The highest BCUT2D eigenvalue weighted by atomic mass is 32.2. The normalized spacial score (nSPS) is 12.8. The molecule has 146 valence electrons. The number of nitrogens with one attached hydrogen (secondary N) is 1. The smallest absolute Gasteiger partial charge is 0.260 e. The van der Waals surface area contributed by atoms with Crippen molar-refractivity contribution >= 4 is 39.1 Å². The summed E-state index contributed by atoms with van der Waals surface area (Å²) in [4.78, 5) is 29.9. The monoisotopic (exact) mass is 424 g/mol. The Hall–Kier alpha value is -2.98. The molecule has 0 amide bonds. The van der Waals surface area contributed by atoms with Gasteiger partial charge in [0.05, 0.1) is 16.9 Å². The maximum atomic E-state index is 12.8. The lowest BCUT2D eigenvalue weighted by atomic mass is 10.2. The molecular weight excluding hydrogens is 408 g/mol. The van der Waals surface area contributed by atoms with Crippen LogP contribution in [0.3, 0.4) is 0 Å². The zero-order chi connectivity index (χ0) is 20.1. The number of fused-ring (bicyclic) bond motifs is 2. The second-order valence-corrected chi connectivity index (χ2v) is 8.83. The minimum atomic E-state index is -0.179. The summed E-state index contributed by atoms with van der Waals surface area (Å²) in [6.07, 6.45) is 1.59. The van der Waals surface area contributed by atoms with Gasteiger partial charge in [-0.2, -0.15) is 4.98 Å². The Kier molecular flexibility index (Phi) is 4.25. The van der Waals surface area contributed by atoms with Crippen LogP contribution in [0.25, 0.3) is 27.3 Å². The van der Waals surface area contributed by atoms with Crippen LogP contribution in [-0.4, -0.2) is 29.5 Å². The molecule has 0 spiro atoms. The van der Waals surface area contributed by atoms with Crippen LogP contribution in [0.1, 0.15) is 29.4 Å². The third-order valence-corrected chi connectivity index (χ3v) is 6.35. The summed E-state index contributed by atoms with van der Waals surface area (Å²) in [6.45, 7) is 5.86. The molecule has 0 radical (unpaired) electrons. The average molecular weight is 425 g/mol. The molecule has 29 heavy (non-hydrogen) atoms. The summed E-state index contributed by atoms with van der Waals surface area (Å²) in [5, 5.41) is 7.41. The fourth-order valence-corrected chi connectivity index (χ4v) is 4.92. The maximum Gasteiger partial charge on any atom is 0.260 e. The number of furan rings is 1. The van der Waals surface area contributed by atoms with E-state index in [0.29, 0.717) is 32.7 Å². The number of thioether (sulfide) groups is 1. The van der Waals surface area contributed by atoms with E-state index in [1.54, 1.807) is 16.8 Å². The van der Waals surface area contributed by atoms with Gasteiger partial charge in [-0.05, 0) is 39.0 Å². The molecule has 5 aromatic heterocycles. The molecule has 1 atom stereocenters. The average Bonchev–Trinajstić information content (AvgIpc) is 3.39. The number of H-pyrrole nitrogens is 1. The largest absolute Gasteiger partial charge is 0.464 e. The number of aryl methyl sites for hydroxylation is 2. The predicted octanol–water partition coefficient (Wildman–Crippen LogP) is 4.15. The molecular formula is C19H16N6O2S2. The Labute approximate surface area is 173 Å². The third kappa shape index (κ3) is 3.14. The molecule has 0 aliphatic carbocycles. The Bertz CT molecular complexity index is 1400. The fourth-order valence-electron chi connectivity index (χ4n) is 3.18. The Morgan fingerprint density at radius 3 is 2.93 bits per heavy atom. The molecule has 1 unspecified atom stereocenters. The molecule has 0 saturated heterocycles. The van der Waals surface area contributed by atoms with Crippen LogP contribution >= 0.6 is 23.1 Å². The minimum Gasteiger partial charge on any atom is -0.464 e. The van der Waals surface area contributed by atoms with E-state index >= 15 is 0 Å². The lowest BCUT2D eigenvalue weighted by Gasteiger charge is -2.07. The summed E-state index contributed by atoms with van der Waals surface area (Å²) in [5.41, 5.74) is 2.45. The van der Waals surface area contributed by atoms with Crippen molar-refractivity contribution in [2.75, 3.05) is 0 Å². The molecule has 0 saturated carbocycles. The summed E-state index contributed by atoms with van der Waals surface area (Å²) in [7, 11) is 0. The molecule has 5 rings (SSSR count). The number of thiophene rings is 1. The molecule has 1 N–H and O–H groups in total. The summed E-state index contributed by atoms with van der Waals surface area (Å²) in [6, 6.07) is 5.59. The number of rotatable bonds is 4. The minimum absolute atomic E-state index is 0.139. The van der Waals surface area contributed by atoms with Crippen LogP contribution < -0.4 is 5.56 Å². The van der Waals surface area contributed by atoms with E-state index in [2.05, 4.69) is 25.0 Å². The van der Waals surface area contributed by atoms with Gasteiger partial charge in [-0.1, -0.05) is 11.8 Å². The van der Waals surface area contributed by atoms with Crippen molar-refractivity contribution < 1.29 is 4.42 Å². The number of hydrogen-bond donors (Lipinski definition) is 1. The Morgan fingerprint density at radius 1 is 1.28 bits per heavy atom. The Balaban J connectivity index is 1.49. The second kappa shape index (κ2) is 6.82. The van der Waals surface area contributed by atoms with Gasteiger partial charge < -0.3 is 9.40 Å². The Morgan fingerprint density at radius 2 is 2.14 bits per heavy atom. The van der Waals surface area contributed by atoms with Gasteiger partial charge in [0, 0.05) is 22.3 Å². The lowest BCUT2D eigenvalue weighted by molar-refractivity contribution is 0.583. The zero-order valence-electron chi connectivity index (χ0n) is 15.8. The highest BCUT2D eigenvalue weighted by molar-refractivity contribution is 7.99. The molecule has 10 heteroatoms. The topological polar surface area (TPSA) is 102 Å². The number of nitrogens with zero attached hydrogens (tertiary/aromatic N) is 5. The number of hydrogen-bond acceptors (Lipinski definition) is 8. The first-order valence-electron chi connectivity index (χ1n) is 8.92. The molecule has 0 aliphatic rings. The van der Waals surface area contributed by atoms with E-state index in [9.17, 15) is 4.79 Å². The van der Waals surface area contributed by atoms with Gasteiger partial charge >= 0.3 is 0 Å². The van der Waals surface area contributed by atoms with Gasteiger partial charge in [0.15, 0.2) is 0 Å². The van der Waals surface area contributed by atoms with Crippen molar-refractivity contribution in [2.24, 2.45) is 0 Å². The van der Waals surface area contributed by atoms with Gasteiger partial charge in [0.1, 0.15) is 16.4 Å². The summed E-state index contributed by atoms with van der Waals surface area (Å²) in [5.74, 6) is 1.81. The molecule has 5 aromatic rings. The third-order valence-electron chi connectivity index (χ3n) is 4.52. The van der Waals surface area contributed by atoms with Crippen molar-refractivity contribution in [1.29, 1.82) is 0 Å². The molecule has 5 heterocycles. The first-order valence-corrected chi connectivity index (χ1v) is 10.7. The van der Waals surface area contributed by atoms with Crippen molar-refractivity contribution in [3.05, 3.63) is 57.4 Å². The van der Waals surface area contributed by atoms with Crippen LogP contribution in [0.15, 0.2) is 44.2 Å². The van der Waals surface area contributed by atoms with E-state index in [4.69, 9.17) is 4.42 Å². The van der Waals surface area contributed by atoms with Gasteiger partial charge in [-0.25, -0.2) is 14.5 Å². The number of aromatic amines is 1. The molecule has 8 nitrogen and oxygen atoms in total. The predicted molar refractivity (Wildman–Crippen MR) is 112 cm³/mol. The molecule has 0 aliphatic heterocycles. The van der Waals surface area contributed by atoms with E-state index in [1.807, 2.05) is 38.3 Å². The highest BCUT2D eigenvalue weighted by Crippen LogP contribution is 2.34. The van der Waals surface area contributed by atoms with Gasteiger partial charge in [0.2, 0.25) is 5.16 Å². The van der Waals surface area contributed by atoms with Crippen molar-refractivity contribution in [3.8, 4) is 11.3 Å². The first kappa shape index (κ1) is 18.1. The lowest BCUT2D eigenvalue weighted by Crippen LogP contribution is -2.12. The van der Waals surface area contributed by atoms with E-state index in [1.165, 1.54) is 23.1 Å². The quantitative estimate of drug-likeness (QED) is 0.432. The van der Waals surface area contributed by atoms with Crippen LogP contribution in [0, 0.1) is 13.8 Å². The zero-order valence-corrected chi connectivity index (χ0v) is 17.5. The molecule has 0 bridgehead atoms. The number of aromatic nitrogens is 6. The van der Waals surface area contributed by atoms with Crippen molar-refractivity contribution in [3.63, 3.8) is 0 Å². The van der Waals surface area contributed by atoms with Crippen LogP contribution in [-0.2, 0) is 0 Å². The first-order chi connectivity index (χ1) is 14.0. The summed E-state index contributed by atoms with van der Waals surface area (Å²) >= 11 is 2.86. The van der Waals surface area contributed by atoms with Crippen molar-refractivity contribution in [2.45, 2.75) is 31.2 Å². The molecule has 0 aromatic carbocycles. The van der Waals surface area contributed by atoms with Crippen LogP contribution in [0.2, 0.25) is 0 Å². The van der Waals surface area contributed by atoms with Crippen LogP contribution in [0.4, 0.5) is 0 Å². The SMILES string of the molecule is Cc1cc(C)n2nc(SC(C)c3nc4scc(-c5ccco5)c4c(=O)[nH]3)nc2n1. The van der Waals surface area contributed by atoms with E-state index < -0.39 is 0 Å². The molecule has 0 fully saturated rings.